The van der Waals surface area contributed by atoms with E-state index in [9.17, 15) is 8.78 Å². The Labute approximate surface area is 125 Å². The topological polar surface area (TPSA) is 24.5 Å². The van der Waals surface area contributed by atoms with Gasteiger partial charge in [-0.05, 0) is 24.5 Å². The summed E-state index contributed by atoms with van der Waals surface area (Å²) in [4.78, 5) is 2.21. The Morgan fingerprint density at radius 1 is 1.33 bits per heavy atom. The molecule has 0 saturated carbocycles. The van der Waals surface area contributed by atoms with Gasteiger partial charge in [-0.3, -0.25) is 0 Å². The van der Waals surface area contributed by atoms with Crippen molar-refractivity contribution in [2.24, 2.45) is 5.92 Å². The Balaban J connectivity index is 2.27. The second-order valence-corrected chi connectivity index (χ2v) is 5.82. The van der Waals surface area contributed by atoms with Crippen LogP contribution in [0, 0.1) is 5.92 Å². The SMILES string of the molecule is CCC1CNC(C(C)C)CN1c1ccccc1OC(F)F. The summed E-state index contributed by atoms with van der Waals surface area (Å²) >= 11 is 0. The molecule has 1 aromatic rings. The Hall–Kier alpha value is -1.36. The molecule has 0 amide bonds. The van der Waals surface area contributed by atoms with E-state index in [-0.39, 0.29) is 5.75 Å². The minimum atomic E-state index is -2.80. The van der Waals surface area contributed by atoms with Crippen LogP contribution in [-0.4, -0.2) is 31.8 Å². The maximum absolute atomic E-state index is 12.6. The van der Waals surface area contributed by atoms with E-state index in [0.29, 0.717) is 18.0 Å². The van der Waals surface area contributed by atoms with Crippen molar-refractivity contribution in [3.05, 3.63) is 24.3 Å². The van der Waals surface area contributed by atoms with E-state index >= 15 is 0 Å². The molecule has 1 N–H and O–H groups in total. The van der Waals surface area contributed by atoms with Crippen LogP contribution in [0.1, 0.15) is 27.2 Å². The van der Waals surface area contributed by atoms with Gasteiger partial charge in [-0.2, -0.15) is 8.78 Å². The zero-order chi connectivity index (χ0) is 15.4. The van der Waals surface area contributed by atoms with Gasteiger partial charge in [0.05, 0.1) is 5.69 Å². The average Bonchev–Trinajstić information content (AvgIpc) is 2.46. The number of para-hydroxylation sites is 2. The van der Waals surface area contributed by atoms with Crippen molar-refractivity contribution in [2.45, 2.75) is 45.9 Å². The van der Waals surface area contributed by atoms with Crippen molar-refractivity contribution >= 4 is 5.69 Å². The summed E-state index contributed by atoms with van der Waals surface area (Å²) in [5.74, 6) is 0.754. The second kappa shape index (κ2) is 7.07. The van der Waals surface area contributed by atoms with Crippen LogP contribution in [-0.2, 0) is 0 Å². The van der Waals surface area contributed by atoms with Crippen LogP contribution >= 0.6 is 0 Å². The highest BCUT2D eigenvalue weighted by atomic mass is 19.3. The highest BCUT2D eigenvalue weighted by molar-refractivity contribution is 5.59. The number of benzene rings is 1. The van der Waals surface area contributed by atoms with Gasteiger partial charge in [0.2, 0.25) is 0 Å². The van der Waals surface area contributed by atoms with Gasteiger partial charge in [0.1, 0.15) is 5.75 Å². The van der Waals surface area contributed by atoms with E-state index in [0.717, 1.165) is 25.2 Å². The highest BCUT2D eigenvalue weighted by Crippen LogP contribution is 2.33. The third kappa shape index (κ3) is 3.84. The number of ether oxygens (including phenoxy) is 1. The predicted octanol–water partition coefficient (Wildman–Crippen LogP) is 3.50. The van der Waals surface area contributed by atoms with E-state index in [1.807, 2.05) is 12.1 Å². The molecular weight excluding hydrogens is 274 g/mol. The molecule has 2 atom stereocenters. The fraction of sp³-hybridized carbons (Fsp3) is 0.625. The normalized spacial score (nSPS) is 22.9. The van der Waals surface area contributed by atoms with Crippen molar-refractivity contribution in [2.75, 3.05) is 18.0 Å². The summed E-state index contributed by atoms with van der Waals surface area (Å²) in [6.45, 7) is 5.33. The van der Waals surface area contributed by atoms with Crippen LogP contribution < -0.4 is 15.0 Å². The van der Waals surface area contributed by atoms with Crippen molar-refractivity contribution in [1.29, 1.82) is 0 Å². The fourth-order valence-electron chi connectivity index (χ4n) is 2.82. The number of rotatable bonds is 5. The summed E-state index contributed by atoms with van der Waals surface area (Å²) in [6, 6.07) is 7.72. The molecule has 0 radical (unpaired) electrons. The van der Waals surface area contributed by atoms with Gasteiger partial charge in [0.25, 0.3) is 0 Å². The second-order valence-electron chi connectivity index (χ2n) is 5.82. The molecule has 1 aliphatic rings. The lowest BCUT2D eigenvalue weighted by Crippen LogP contribution is -2.58. The van der Waals surface area contributed by atoms with Gasteiger partial charge >= 0.3 is 6.61 Å². The molecule has 0 spiro atoms. The van der Waals surface area contributed by atoms with Gasteiger partial charge in [-0.15, -0.1) is 0 Å². The molecule has 1 saturated heterocycles. The number of hydrogen-bond acceptors (Lipinski definition) is 3. The van der Waals surface area contributed by atoms with Crippen molar-refractivity contribution < 1.29 is 13.5 Å². The summed E-state index contributed by atoms with van der Waals surface area (Å²) in [7, 11) is 0. The van der Waals surface area contributed by atoms with Gasteiger partial charge in [-0.25, -0.2) is 0 Å². The molecular formula is C16H24F2N2O. The standard InChI is InChI=1S/C16H24F2N2O/c1-4-12-9-19-13(11(2)3)10-20(12)14-7-5-6-8-15(14)21-16(17)18/h5-8,11-13,16,19H,4,9-10H2,1-3H3. The lowest BCUT2D eigenvalue weighted by molar-refractivity contribution is -0.0495. The first-order valence-electron chi connectivity index (χ1n) is 7.56. The van der Waals surface area contributed by atoms with E-state index in [1.165, 1.54) is 0 Å². The van der Waals surface area contributed by atoms with E-state index < -0.39 is 6.61 Å². The third-order valence-electron chi connectivity index (χ3n) is 4.12. The smallest absolute Gasteiger partial charge is 0.387 e. The van der Waals surface area contributed by atoms with Gasteiger partial charge in [-0.1, -0.05) is 32.9 Å². The Bertz CT molecular complexity index is 454. The molecule has 1 fully saturated rings. The Kier molecular flexibility index (Phi) is 5.39. The first-order chi connectivity index (χ1) is 10.0. The first kappa shape index (κ1) is 16.0. The quantitative estimate of drug-likeness (QED) is 0.900. The zero-order valence-electron chi connectivity index (χ0n) is 12.9. The molecule has 0 bridgehead atoms. The van der Waals surface area contributed by atoms with Crippen molar-refractivity contribution in [3.8, 4) is 5.75 Å². The lowest BCUT2D eigenvalue weighted by Gasteiger charge is -2.43. The van der Waals surface area contributed by atoms with Crippen LogP contribution in [0.3, 0.4) is 0 Å². The summed E-state index contributed by atoms with van der Waals surface area (Å²) in [5.41, 5.74) is 0.761. The van der Waals surface area contributed by atoms with Gasteiger partial charge < -0.3 is 15.0 Å². The van der Waals surface area contributed by atoms with Gasteiger partial charge in [0.15, 0.2) is 0 Å². The van der Waals surface area contributed by atoms with E-state index in [2.05, 4.69) is 31.0 Å². The molecule has 0 aliphatic carbocycles. The molecule has 21 heavy (non-hydrogen) atoms. The molecule has 2 rings (SSSR count). The van der Waals surface area contributed by atoms with Crippen LogP contribution in [0.25, 0.3) is 0 Å². The molecule has 5 heteroatoms. The number of anilines is 1. The number of nitrogens with zero attached hydrogens (tertiary/aromatic N) is 1. The first-order valence-corrected chi connectivity index (χ1v) is 7.56. The number of alkyl halides is 2. The molecule has 1 aliphatic heterocycles. The van der Waals surface area contributed by atoms with E-state index in [1.54, 1.807) is 12.1 Å². The maximum Gasteiger partial charge on any atom is 0.387 e. The Morgan fingerprint density at radius 3 is 2.67 bits per heavy atom. The predicted molar refractivity (Wildman–Crippen MR) is 81.1 cm³/mol. The third-order valence-corrected chi connectivity index (χ3v) is 4.12. The van der Waals surface area contributed by atoms with Crippen molar-refractivity contribution in [3.63, 3.8) is 0 Å². The van der Waals surface area contributed by atoms with Crippen molar-refractivity contribution in [1.82, 2.24) is 5.32 Å². The average molecular weight is 298 g/mol. The molecule has 1 aromatic carbocycles. The molecule has 0 aromatic heterocycles. The van der Waals surface area contributed by atoms with Gasteiger partial charge in [0, 0.05) is 25.2 Å². The monoisotopic (exact) mass is 298 g/mol. The van der Waals surface area contributed by atoms with Crippen LogP contribution in [0.4, 0.5) is 14.5 Å². The minimum absolute atomic E-state index is 0.260. The molecule has 118 valence electrons. The van der Waals surface area contributed by atoms with Crippen LogP contribution in [0.15, 0.2) is 24.3 Å². The maximum atomic E-state index is 12.6. The minimum Gasteiger partial charge on any atom is -0.433 e. The van der Waals surface area contributed by atoms with Crippen LogP contribution in [0.5, 0.6) is 5.75 Å². The number of halogens is 2. The summed E-state index contributed by atoms with van der Waals surface area (Å²) in [5, 5.41) is 3.55. The molecule has 1 heterocycles. The molecule has 2 unspecified atom stereocenters. The number of hydrogen-bond donors (Lipinski definition) is 1. The summed E-state index contributed by atoms with van der Waals surface area (Å²) < 4.78 is 29.9. The largest absolute Gasteiger partial charge is 0.433 e. The number of nitrogens with one attached hydrogen (secondary N) is 1. The zero-order valence-corrected chi connectivity index (χ0v) is 12.9. The fourth-order valence-corrected chi connectivity index (χ4v) is 2.82. The number of piperazine rings is 1. The summed E-state index contributed by atoms with van der Waals surface area (Å²) in [6.07, 6.45) is 0.959. The lowest BCUT2D eigenvalue weighted by atomic mass is 9.97. The Morgan fingerprint density at radius 2 is 2.05 bits per heavy atom. The van der Waals surface area contributed by atoms with E-state index in [4.69, 9.17) is 4.74 Å². The highest BCUT2D eigenvalue weighted by Gasteiger charge is 2.30. The molecule has 3 nitrogen and oxygen atoms in total. The van der Waals surface area contributed by atoms with Crippen LogP contribution in [0.2, 0.25) is 0 Å².